The molecule has 0 fully saturated rings. The van der Waals surface area contributed by atoms with Crippen LogP contribution in [0, 0.1) is 12.7 Å². The highest BCUT2D eigenvalue weighted by Gasteiger charge is 2.20. The summed E-state index contributed by atoms with van der Waals surface area (Å²) in [6, 6.07) is 8.62. The van der Waals surface area contributed by atoms with Gasteiger partial charge in [0.1, 0.15) is 17.2 Å². The Morgan fingerprint density at radius 3 is 2.75 bits per heavy atom. The molecule has 1 atom stereocenters. The van der Waals surface area contributed by atoms with Gasteiger partial charge in [-0.25, -0.2) is 14.4 Å². The summed E-state index contributed by atoms with van der Waals surface area (Å²) in [7, 11) is 0. The summed E-state index contributed by atoms with van der Waals surface area (Å²) in [4.78, 5) is 8.79. The number of nitrogens with zero attached hydrogens (tertiary/aromatic N) is 3. The highest BCUT2D eigenvalue weighted by molar-refractivity contribution is 6.20. The molecule has 5 heteroatoms. The predicted molar refractivity (Wildman–Crippen MR) is 77.8 cm³/mol. The maximum atomic E-state index is 14.3. The Bertz CT molecular complexity index is 760. The second kappa shape index (κ2) is 4.87. The molecule has 20 heavy (non-hydrogen) atoms. The molecule has 102 valence electrons. The summed E-state index contributed by atoms with van der Waals surface area (Å²) in [6.07, 6.45) is 1.67. The normalized spacial score (nSPS) is 12.8. The SMILES string of the molecule is Cc1cccc(F)c1-n1c(C(C)Cl)nc2cccnc21. The molecule has 2 aromatic heterocycles. The van der Waals surface area contributed by atoms with Crippen molar-refractivity contribution in [2.75, 3.05) is 0 Å². The van der Waals surface area contributed by atoms with E-state index < -0.39 is 0 Å². The number of hydrogen-bond acceptors (Lipinski definition) is 2. The highest BCUT2D eigenvalue weighted by atomic mass is 35.5. The quantitative estimate of drug-likeness (QED) is 0.663. The number of aryl methyl sites for hydroxylation is 1. The average Bonchev–Trinajstić information content (AvgIpc) is 2.78. The van der Waals surface area contributed by atoms with E-state index in [-0.39, 0.29) is 11.2 Å². The third-order valence-electron chi connectivity index (χ3n) is 3.21. The van der Waals surface area contributed by atoms with Gasteiger partial charge in [0.15, 0.2) is 5.65 Å². The van der Waals surface area contributed by atoms with Gasteiger partial charge in [-0.3, -0.25) is 4.57 Å². The van der Waals surface area contributed by atoms with Crippen LogP contribution in [0.3, 0.4) is 0 Å². The smallest absolute Gasteiger partial charge is 0.164 e. The van der Waals surface area contributed by atoms with Gasteiger partial charge < -0.3 is 0 Å². The molecule has 0 N–H and O–H groups in total. The summed E-state index contributed by atoms with van der Waals surface area (Å²) < 4.78 is 16.0. The van der Waals surface area contributed by atoms with Crippen LogP contribution in [0.15, 0.2) is 36.5 Å². The first-order chi connectivity index (χ1) is 9.59. The average molecular weight is 290 g/mol. The molecule has 1 unspecified atom stereocenters. The fourth-order valence-corrected chi connectivity index (χ4v) is 2.47. The van der Waals surface area contributed by atoms with Crippen LogP contribution in [0.1, 0.15) is 23.7 Å². The van der Waals surface area contributed by atoms with E-state index in [1.165, 1.54) is 6.07 Å². The number of hydrogen-bond donors (Lipinski definition) is 0. The fourth-order valence-electron chi connectivity index (χ4n) is 2.32. The zero-order valence-electron chi connectivity index (χ0n) is 11.1. The van der Waals surface area contributed by atoms with E-state index >= 15 is 0 Å². The number of alkyl halides is 1. The highest BCUT2D eigenvalue weighted by Crippen LogP contribution is 2.29. The van der Waals surface area contributed by atoms with Crippen LogP contribution in [0.5, 0.6) is 0 Å². The van der Waals surface area contributed by atoms with E-state index in [9.17, 15) is 4.39 Å². The van der Waals surface area contributed by atoms with Crippen molar-refractivity contribution in [3.05, 3.63) is 53.7 Å². The molecule has 0 aliphatic carbocycles. The van der Waals surface area contributed by atoms with Crippen molar-refractivity contribution in [3.8, 4) is 5.69 Å². The molecule has 0 spiro atoms. The lowest BCUT2D eigenvalue weighted by molar-refractivity contribution is 0.614. The summed E-state index contributed by atoms with van der Waals surface area (Å²) >= 11 is 6.20. The van der Waals surface area contributed by atoms with Crippen LogP contribution in [0.2, 0.25) is 0 Å². The van der Waals surface area contributed by atoms with Gasteiger partial charge >= 0.3 is 0 Å². The first-order valence-corrected chi connectivity index (χ1v) is 6.76. The molecule has 1 aromatic carbocycles. The third kappa shape index (κ3) is 1.96. The number of halogens is 2. The lowest BCUT2D eigenvalue weighted by Gasteiger charge is -2.13. The Morgan fingerprint density at radius 2 is 2.05 bits per heavy atom. The molecule has 2 heterocycles. The maximum absolute atomic E-state index is 14.3. The minimum absolute atomic E-state index is 0.312. The van der Waals surface area contributed by atoms with E-state index in [0.717, 1.165) is 5.56 Å². The molecule has 0 aliphatic rings. The molecule has 0 aliphatic heterocycles. The molecule has 0 saturated carbocycles. The Morgan fingerprint density at radius 1 is 1.25 bits per heavy atom. The van der Waals surface area contributed by atoms with Crippen molar-refractivity contribution in [3.63, 3.8) is 0 Å². The molecular formula is C15H13ClFN3. The first kappa shape index (κ1) is 13.1. The van der Waals surface area contributed by atoms with Crippen LogP contribution >= 0.6 is 11.6 Å². The lowest BCUT2D eigenvalue weighted by Crippen LogP contribution is -2.06. The van der Waals surface area contributed by atoms with Gasteiger partial charge in [-0.15, -0.1) is 11.6 Å². The summed E-state index contributed by atoms with van der Waals surface area (Å²) in [5.41, 5.74) is 2.59. The molecule has 0 amide bonds. The van der Waals surface area contributed by atoms with E-state index in [1.54, 1.807) is 22.9 Å². The Balaban J connectivity index is 2.43. The Labute approximate surface area is 121 Å². The van der Waals surface area contributed by atoms with E-state index in [1.807, 2.05) is 26.0 Å². The second-order valence-corrected chi connectivity index (χ2v) is 5.33. The number of fused-ring (bicyclic) bond motifs is 1. The Hall–Kier alpha value is -1.94. The van der Waals surface area contributed by atoms with Crippen LogP contribution in [0.25, 0.3) is 16.9 Å². The molecule has 0 radical (unpaired) electrons. The fraction of sp³-hybridized carbons (Fsp3) is 0.200. The number of aromatic nitrogens is 3. The number of para-hydroxylation sites is 1. The van der Waals surface area contributed by atoms with Crippen molar-refractivity contribution in [1.29, 1.82) is 0 Å². The largest absolute Gasteiger partial charge is 0.276 e. The van der Waals surface area contributed by atoms with Crippen LogP contribution in [0.4, 0.5) is 4.39 Å². The zero-order valence-corrected chi connectivity index (χ0v) is 11.9. The van der Waals surface area contributed by atoms with Gasteiger partial charge in [-0.1, -0.05) is 12.1 Å². The first-order valence-electron chi connectivity index (χ1n) is 6.32. The van der Waals surface area contributed by atoms with Gasteiger partial charge in [0.05, 0.1) is 11.1 Å². The van der Waals surface area contributed by atoms with Gasteiger partial charge in [-0.05, 0) is 37.6 Å². The number of benzene rings is 1. The predicted octanol–water partition coefficient (Wildman–Crippen LogP) is 4.17. The van der Waals surface area contributed by atoms with E-state index in [2.05, 4.69) is 9.97 Å². The van der Waals surface area contributed by atoms with E-state index in [4.69, 9.17) is 11.6 Å². The molecule has 3 rings (SSSR count). The Kier molecular flexibility index (Phi) is 3.18. The second-order valence-electron chi connectivity index (χ2n) is 4.67. The van der Waals surface area contributed by atoms with Crippen molar-refractivity contribution in [2.45, 2.75) is 19.2 Å². The number of rotatable bonds is 2. The van der Waals surface area contributed by atoms with Crippen molar-refractivity contribution in [2.24, 2.45) is 0 Å². The standard InChI is InChI=1S/C15H13ClFN3/c1-9-5-3-6-11(17)13(9)20-14(10(2)16)19-12-7-4-8-18-15(12)20/h3-8,10H,1-2H3. The topological polar surface area (TPSA) is 30.7 Å². The lowest BCUT2D eigenvalue weighted by atomic mass is 10.2. The molecule has 0 saturated heterocycles. The molecular weight excluding hydrogens is 277 g/mol. The van der Waals surface area contributed by atoms with E-state index in [0.29, 0.717) is 22.7 Å². The van der Waals surface area contributed by atoms with Crippen LogP contribution < -0.4 is 0 Å². The van der Waals surface area contributed by atoms with Crippen LogP contribution in [-0.4, -0.2) is 14.5 Å². The van der Waals surface area contributed by atoms with Crippen LogP contribution in [-0.2, 0) is 0 Å². The van der Waals surface area contributed by atoms with Crippen molar-refractivity contribution < 1.29 is 4.39 Å². The van der Waals surface area contributed by atoms with Gasteiger partial charge in [0.25, 0.3) is 0 Å². The van der Waals surface area contributed by atoms with Gasteiger partial charge in [-0.2, -0.15) is 0 Å². The minimum Gasteiger partial charge on any atom is -0.276 e. The monoisotopic (exact) mass is 289 g/mol. The van der Waals surface area contributed by atoms with Gasteiger partial charge in [0, 0.05) is 6.20 Å². The number of imidazole rings is 1. The molecule has 3 aromatic rings. The summed E-state index contributed by atoms with van der Waals surface area (Å²) in [5, 5.41) is -0.344. The molecule has 3 nitrogen and oxygen atoms in total. The summed E-state index contributed by atoms with van der Waals surface area (Å²) in [6.45, 7) is 3.67. The number of pyridine rings is 1. The minimum atomic E-state index is -0.344. The molecule has 0 bridgehead atoms. The van der Waals surface area contributed by atoms with Crippen molar-refractivity contribution >= 4 is 22.8 Å². The third-order valence-corrected chi connectivity index (χ3v) is 3.41. The van der Waals surface area contributed by atoms with Gasteiger partial charge in [0.2, 0.25) is 0 Å². The summed E-state index contributed by atoms with van der Waals surface area (Å²) in [5.74, 6) is 0.280. The maximum Gasteiger partial charge on any atom is 0.164 e. The zero-order chi connectivity index (χ0) is 14.3. The van der Waals surface area contributed by atoms with Crippen molar-refractivity contribution in [1.82, 2.24) is 14.5 Å².